The first kappa shape index (κ1) is 25.1. The zero-order valence-electron chi connectivity index (χ0n) is 21.9. The second-order valence-electron chi connectivity index (χ2n) is 9.94. The van der Waals surface area contributed by atoms with Crippen molar-refractivity contribution in [2.75, 3.05) is 11.4 Å². The van der Waals surface area contributed by atoms with E-state index in [1.165, 1.54) is 28.1 Å². The maximum atomic E-state index is 13.1. The second-order valence-corrected chi connectivity index (χ2v) is 9.94. The number of nitrogens with one attached hydrogen (secondary N) is 1. The number of phenols is 2. The largest absolute Gasteiger partial charge is 0.504 e. The van der Waals surface area contributed by atoms with Gasteiger partial charge in [0.1, 0.15) is 0 Å². The highest BCUT2D eigenvalue weighted by atomic mass is 16.3. The first-order chi connectivity index (χ1) is 19.5. The van der Waals surface area contributed by atoms with Crippen molar-refractivity contribution in [1.82, 2.24) is 9.78 Å². The number of fused-ring (bicyclic) bond motifs is 1. The van der Waals surface area contributed by atoms with Gasteiger partial charge in [-0.2, -0.15) is 0 Å². The molecule has 0 aliphatic carbocycles. The summed E-state index contributed by atoms with van der Waals surface area (Å²) in [6, 6.07) is 29.0. The first-order valence-electron chi connectivity index (χ1n) is 13.2. The van der Waals surface area contributed by atoms with E-state index in [0.29, 0.717) is 10.6 Å². The average Bonchev–Trinajstić information content (AvgIpc) is 3.26. The molecule has 1 aromatic heterocycles. The minimum atomic E-state index is -0.133. The van der Waals surface area contributed by atoms with Crippen LogP contribution in [-0.4, -0.2) is 26.5 Å². The molecule has 6 rings (SSSR count). The van der Waals surface area contributed by atoms with Gasteiger partial charge in [-0.3, -0.25) is 9.89 Å². The lowest BCUT2D eigenvalue weighted by molar-refractivity contribution is 0.403. The fraction of sp³-hybridized carbons (Fsp3) is 0.0882. The summed E-state index contributed by atoms with van der Waals surface area (Å²) >= 11 is 0. The number of hydrogen-bond donors (Lipinski definition) is 3. The summed E-state index contributed by atoms with van der Waals surface area (Å²) in [5.74, 6) is -0.262. The topological polar surface area (TPSA) is 81.5 Å². The molecule has 0 spiro atoms. The molecule has 0 atom stereocenters. The lowest BCUT2D eigenvalue weighted by atomic mass is 9.98. The summed E-state index contributed by atoms with van der Waals surface area (Å²) in [6.07, 6.45) is 7.81. The molecular formula is C34H29N3O3. The number of hydrogen-bond acceptors (Lipinski definition) is 4. The maximum Gasteiger partial charge on any atom is 0.279 e. The average molecular weight is 528 g/mol. The monoisotopic (exact) mass is 527 g/mol. The van der Waals surface area contributed by atoms with Crippen molar-refractivity contribution in [3.8, 4) is 17.2 Å². The minimum Gasteiger partial charge on any atom is -0.504 e. The van der Waals surface area contributed by atoms with E-state index in [1.54, 1.807) is 6.07 Å². The number of para-hydroxylation sites is 1. The van der Waals surface area contributed by atoms with Crippen LogP contribution in [0.15, 0.2) is 95.8 Å². The van der Waals surface area contributed by atoms with Gasteiger partial charge in [-0.1, -0.05) is 61.2 Å². The second kappa shape index (κ2) is 10.5. The molecule has 40 heavy (non-hydrogen) atoms. The summed E-state index contributed by atoms with van der Waals surface area (Å²) in [4.78, 5) is 15.5. The van der Waals surface area contributed by atoms with Gasteiger partial charge < -0.3 is 15.1 Å². The van der Waals surface area contributed by atoms with E-state index in [2.05, 4.69) is 59.0 Å². The molecule has 0 amide bonds. The van der Waals surface area contributed by atoms with Crippen LogP contribution in [0.3, 0.4) is 0 Å². The van der Waals surface area contributed by atoms with Crippen molar-refractivity contribution in [2.24, 2.45) is 0 Å². The summed E-state index contributed by atoms with van der Waals surface area (Å²) < 4.78 is 1.53. The molecular weight excluding hydrogens is 498 g/mol. The van der Waals surface area contributed by atoms with Gasteiger partial charge >= 0.3 is 0 Å². The van der Waals surface area contributed by atoms with Gasteiger partial charge in [0.05, 0.1) is 16.3 Å². The summed E-state index contributed by atoms with van der Waals surface area (Å²) in [5.41, 5.74) is 7.02. The zero-order chi connectivity index (χ0) is 27.6. The molecule has 5 aromatic rings. The minimum absolute atomic E-state index is 0.119. The molecule has 1 aliphatic rings. The van der Waals surface area contributed by atoms with Crippen molar-refractivity contribution in [2.45, 2.75) is 12.8 Å². The van der Waals surface area contributed by atoms with Gasteiger partial charge in [0, 0.05) is 17.9 Å². The standard InChI is InChI=1S/C34H29N3O3/c1-23-30(34(40)37(35-23)29-7-3-2-4-8-29)21-26-13-17-31-27(20-26)6-5-19-36(31)28-15-11-24(12-16-28)9-10-25-14-18-32(38)33(39)22-25/h2-4,7-18,20-22,35,38-39H,1,5-6,19H2/b10-9?,30-21-. The summed E-state index contributed by atoms with van der Waals surface area (Å²) in [5, 5.41) is 23.4. The highest BCUT2D eigenvalue weighted by Gasteiger charge is 2.18. The number of H-pyrrole nitrogens is 1. The van der Waals surface area contributed by atoms with Gasteiger partial charge in [0.25, 0.3) is 5.56 Å². The van der Waals surface area contributed by atoms with Crippen LogP contribution in [-0.2, 0) is 6.42 Å². The Balaban J connectivity index is 1.25. The highest BCUT2D eigenvalue weighted by Crippen LogP contribution is 2.34. The van der Waals surface area contributed by atoms with Gasteiger partial charge in [0.15, 0.2) is 11.5 Å². The van der Waals surface area contributed by atoms with Gasteiger partial charge in [-0.05, 0) is 89.7 Å². The predicted octanol–water partition coefficient (Wildman–Crippen LogP) is 5.07. The van der Waals surface area contributed by atoms with E-state index >= 15 is 0 Å². The van der Waals surface area contributed by atoms with Crippen LogP contribution in [0.1, 0.15) is 28.7 Å². The molecule has 6 heteroatoms. The van der Waals surface area contributed by atoms with Crippen molar-refractivity contribution >= 4 is 36.2 Å². The Kier molecular flexibility index (Phi) is 6.58. The number of anilines is 2. The number of aromatic amines is 1. The van der Waals surface area contributed by atoms with Crippen LogP contribution in [0.2, 0.25) is 0 Å². The van der Waals surface area contributed by atoms with Gasteiger partial charge in [0.2, 0.25) is 0 Å². The lowest BCUT2D eigenvalue weighted by Gasteiger charge is -2.31. The first-order valence-corrected chi connectivity index (χ1v) is 13.2. The molecule has 0 saturated heterocycles. The molecule has 0 bridgehead atoms. The third-order valence-electron chi connectivity index (χ3n) is 7.23. The third-order valence-corrected chi connectivity index (χ3v) is 7.23. The molecule has 2 heterocycles. The fourth-order valence-corrected chi connectivity index (χ4v) is 5.15. The molecule has 0 saturated carbocycles. The SMILES string of the molecule is C=c1[nH]n(-c2ccccc2)c(=O)/c1=C\c1ccc2c(c1)CCCN2c1ccc(C=Cc2ccc(O)c(O)c2)cc1. The van der Waals surface area contributed by atoms with Crippen molar-refractivity contribution in [3.05, 3.63) is 134 Å². The van der Waals surface area contributed by atoms with Crippen molar-refractivity contribution in [3.63, 3.8) is 0 Å². The number of benzene rings is 4. The Bertz CT molecular complexity index is 1880. The number of aromatic hydroxyl groups is 2. The van der Waals surface area contributed by atoms with Crippen molar-refractivity contribution in [1.29, 1.82) is 0 Å². The van der Waals surface area contributed by atoms with Crippen LogP contribution < -0.4 is 21.0 Å². The fourth-order valence-electron chi connectivity index (χ4n) is 5.15. The van der Waals surface area contributed by atoms with Crippen molar-refractivity contribution < 1.29 is 10.2 Å². The Morgan fingerprint density at radius 1 is 0.775 bits per heavy atom. The summed E-state index contributed by atoms with van der Waals surface area (Å²) in [6.45, 7) is 5.00. The van der Waals surface area contributed by atoms with E-state index in [1.807, 2.05) is 48.6 Å². The number of rotatable bonds is 5. The molecule has 4 aromatic carbocycles. The molecule has 1 aliphatic heterocycles. The predicted molar refractivity (Wildman–Crippen MR) is 162 cm³/mol. The van der Waals surface area contributed by atoms with Gasteiger partial charge in [-0.25, -0.2) is 4.68 Å². The van der Waals surface area contributed by atoms with Gasteiger partial charge in [-0.15, -0.1) is 0 Å². The number of nitrogens with zero attached hydrogens (tertiary/aromatic N) is 2. The molecule has 198 valence electrons. The Morgan fingerprint density at radius 3 is 2.27 bits per heavy atom. The van der Waals surface area contributed by atoms with Crippen LogP contribution >= 0.6 is 0 Å². The third kappa shape index (κ3) is 4.95. The Labute approximate surface area is 231 Å². The van der Waals surface area contributed by atoms with E-state index < -0.39 is 0 Å². The smallest absolute Gasteiger partial charge is 0.279 e. The van der Waals surface area contributed by atoms with E-state index in [9.17, 15) is 15.0 Å². The van der Waals surface area contributed by atoms with E-state index in [0.717, 1.165) is 47.5 Å². The van der Waals surface area contributed by atoms with E-state index in [-0.39, 0.29) is 17.1 Å². The lowest BCUT2D eigenvalue weighted by Crippen LogP contribution is -2.34. The summed E-state index contributed by atoms with van der Waals surface area (Å²) in [7, 11) is 0. The molecule has 6 nitrogen and oxygen atoms in total. The zero-order valence-corrected chi connectivity index (χ0v) is 21.9. The molecule has 0 unspecified atom stereocenters. The number of aryl methyl sites for hydroxylation is 1. The van der Waals surface area contributed by atoms with Crippen LogP contribution in [0.25, 0.3) is 30.5 Å². The van der Waals surface area contributed by atoms with Crippen LogP contribution in [0, 0.1) is 0 Å². The maximum absolute atomic E-state index is 13.1. The normalized spacial score (nSPS) is 13.6. The highest BCUT2D eigenvalue weighted by molar-refractivity contribution is 5.74. The molecule has 0 fully saturated rings. The quantitative estimate of drug-likeness (QED) is 0.220. The molecule has 3 N–H and O–H groups in total. The number of phenolic OH excluding ortho intramolecular Hbond substituents is 2. The Morgan fingerprint density at radius 2 is 1.50 bits per heavy atom. The van der Waals surface area contributed by atoms with Crippen LogP contribution in [0.5, 0.6) is 11.5 Å². The van der Waals surface area contributed by atoms with Crippen LogP contribution in [0.4, 0.5) is 11.4 Å². The number of aromatic nitrogens is 2. The van der Waals surface area contributed by atoms with E-state index in [4.69, 9.17) is 0 Å². The molecule has 0 radical (unpaired) electrons. The Hall–Kier alpha value is -5.23.